The maximum Gasteiger partial charge on any atom is 0.243 e. The zero-order valence-electron chi connectivity index (χ0n) is 9.03. The minimum Gasteiger partial charge on any atom is -0.337 e. The summed E-state index contributed by atoms with van der Waals surface area (Å²) in [5, 5.41) is 9.20. The van der Waals surface area contributed by atoms with Crippen molar-refractivity contribution in [3.05, 3.63) is 21.8 Å². The Kier molecular flexibility index (Phi) is 3.73. The molecule has 0 aliphatic heterocycles. The molecule has 1 unspecified atom stereocenters. The number of hydrogen-bond donors (Lipinski definition) is 1. The Balaban J connectivity index is 2.19. The number of rotatable bonds is 4. The molecule has 0 radical (unpaired) electrons. The first-order valence-corrected chi connectivity index (χ1v) is 6.69. The van der Waals surface area contributed by atoms with Crippen LogP contribution < -0.4 is 5.32 Å². The van der Waals surface area contributed by atoms with Gasteiger partial charge < -0.3 is 9.84 Å². The van der Waals surface area contributed by atoms with Crippen molar-refractivity contribution in [3.8, 4) is 10.7 Å². The average Bonchev–Trinajstić information content (AvgIpc) is 2.85. The third kappa shape index (κ3) is 2.50. The molecule has 2 aromatic heterocycles. The summed E-state index contributed by atoms with van der Waals surface area (Å²) in [4.78, 5) is 5.37. The highest BCUT2D eigenvalue weighted by Crippen LogP contribution is 2.28. The first-order chi connectivity index (χ1) is 7.70. The summed E-state index contributed by atoms with van der Waals surface area (Å²) in [7, 11) is 0. The lowest BCUT2D eigenvalue weighted by molar-refractivity contribution is 0.342. The maximum absolute atomic E-state index is 5.21. The van der Waals surface area contributed by atoms with Gasteiger partial charge in [0, 0.05) is 9.85 Å². The Hall–Kier alpha value is -0.720. The van der Waals surface area contributed by atoms with Gasteiger partial charge in [0.1, 0.15) is 0 Å². The van der Waals surface area contributed by atoms with Crippen LogP contribution in [0.4, 0.5) is 0 Å². The molecule has 0 aliphatic rings. The van der Waals surface area contributed by atoms with E-state index >= 15 is 0 Å². The molecule has 2 heterocycles. The predicted octanol–water partition coefficient (Wildman–Crippen LogP) is 3.23. The van der Waals surface area contributed by atoms with Gasteiger partial charge in [0.05, 0.1) is 10.9 Å². The molecule has 16 heavy (non-hydrogen) atoms. The number of aromatic nitrogens is 2. The van der Waals surface area contributed by atoms with E-state index in [1.54, 1.807) is 11.3 Å². The Bertz CT molecular complexity index is 468. The molecule has 2 rings (SSSR count). The molecule has 0 bridgehead atoms. The standard InChI is InChI=1S/C10H12BrN3OS/c1-3-12-6(2)10-13-9(14-15-10)8-4-7(11)5-16-8/h4-6,12H,3H2,1-2H3. The Labute approximate surface area is 106 Å². The molecule has 0 fully saturated rings. The van der Waals surface area contributed by atoms with Crippen molar-refractivity contribution in [1.29, 1.82) is 0 Å². The van der Waals surface area contributed by atoms with E-state index in [0.29, 0.717) is 11.7 Å². The van der Waals surface area contributed by atoms with Crippen LogP contribution in [-0.2, 0) is 0 Å². The molecule has 6 heteroatoms. The smallest absolute Gasteiger partial charge is 0.243 e. The lowest BCUT2D eigenvalue weighted by Crippen LogP contribution is -2.17. The van der Waals surface area contributed by atoms with Crippen LogP contribution in [0, 0.1) is 0 Å². The van der Waals surface area contributed by atoms with Gasteiger partial charge >= 0.3 is 0 Å². The van der Waals surface area contributed by atoms with Crippen molar-refractivity contribution >= 4 is 27.3 Å². The van der Waals surface area contributed by atoms with E-state index in [-0.39, 0.29) is 6.04 Å². The summed E-state index contributed by atoms with van der Waals surface area (Å²) in [6.45, 7) is 4.93. The molecule has 0 amide bonds. The Morgan fingerprint density at radius 1 is 1.62 bits per heavy atom. The fourth-order valence-electron chi connectivity index (χ4n) is 1.33. The normalized spacial score (nSPS) is 12.9. The first kappa shape index (κ1) is 11.8. The second-order valence-electron chi connectivity index (χ2n) is 3.36. The van der Waals surface area contributed by atoms with Crippen LogP contribution >= 0.6 is 27.3 Å². The van der Waals surface area contributed by atoms with Gasteiger partial charge in [0.25, 0.3) is 0 Å². The van der Waals surface area contributed by atoms with Crippen molar-refractivity contribution in [1.82, 2.24) is 15.5 Å². The van der Waals surface area contributed by atoms with Gasteiger partial charge in [0.15, 0.2) is 0 Å². The van der Waals surface area contributed by atoms with Gasteiger partial charge in [-0.1, -0.05) is 12.1 Å². The number of thiophene rings is 1. The topological polar surface area (TPSA) is 51.0 Å². The van der Waals surface area contributed by atoms with Gasteiger partial charge in [0.2, 0.25) is 11.7 Å². The van der Waals surface area contributed by atoms with Crippen LogP contribution in [0.2, 0.25) is 0 Å². The Morgan fingerprint density at radius 2 is 2.44 bits per heavy atom. The van der Waals surface area contributed by atoms with Crippen molar-refractivity contribution in [2.24, 2.45) is 0 Å². The van der Waals surface area contributed by atoms with E-state index in [1.807, 2.05) is 25.3 Å². The second-order valence-corrected chi connectivity index (χ2v) is 5.19. The van der Waals surface area contributed by atoms with E-state index in [4.69, 9.17) is 4.52 Å². The average molecular weight is 302 g/mol. The van der Waals surface area contributed by atoms with E-state index in [0.717, 1.165) is 15.9 Å². The molecule has 4 nitrogen and oxygen atoms in total. The summed E-state index contributed by atoms with van der Waals surface area (Å²) in [5.41, 5.74) is 0. The Morgan fingerprint density at radius 3 is 3.06 bits per heavy atom. The van der Waals surface area contributed by atoms with Gasteiger partial charge in [-0.3, -0.25) is 0 Å². The maximum atomic E-state index is 5.21. The van der Waals surface area contributed by atoms with E-state index in [2.05, 4.69) is 31.4 Å². The van der Waals surface area contributed by atoms with E-state index < -0.39 is 0 Å². The monoisotopic (exact) mass is 301 g/mol. The number of nitrogens with zero attached hydrogens (tertiary/aromatic N) is 2. The van der Waals surface area contributed by atoms with Gasteiger partial charge in [-0.2, -0.15) is 4.98 Å². The van der Waals surface area contributed by atoms with Gasteiger partial charge in [-0.15, -0.1) is 11.3 Å². The molecule has 0 aliphatic carbocycles. The van der Waals surface area contributed by atoms with Crippen molar-refractivity contribution in [2.75, 3.05) is 6.54 Å². The molecular weight excluding hydrogens is 290 g/mol. The van der Waals surface area contributed by atoms with E-state index in [9.17, 15) is 0 Å². The first-order valence-electron chi connectivity index (χ1n) is 5.02. The zero-order chi connectivity index (χ0) is 11.5. The van der Waals surface area contributed by atoms with Gasteiger partial charge in [-0.25, -0.2) is 0 Å². The van der Waals surface area contributed by atoms with Crippen LogP contribution in [0.1, 0.15) is 25.8 Å². The van der Waals surface area contributed by atoms with Crippen LogP contribution in [0.5, 0.6) is 0 Å². The van der Waals surface area contributed by atoms with Crippen molar-refractivity contribution in [3.63, 3.8) is 0 Å². The minimum atomic E-state index is 0.0923. The molecule has 1 N–H and O–H groups in total. The van der Waals surface area contributed by atoms with Crippen molar-refractivity contribution < 1.29 is 4.52 Å². The summed E-state index contributed by atoms with van der Waals surface area (Å²) < 4.78 is 6.25. The molecule has 86 valence electrons. The summed E-state index contributed by atoms with van der Waals surface area (Å²) in [5.74, 6) is 1.27. The third-order valence-corrected chi connectivity index (χ3v) is 3.80. The summed E-state index contributed by atoms with van der Waals surface area (Å²) in [6, 6.07) is 2.08. The second kappa shape index (κ2) is 5.07. The van der Waals surface area contributed by atoms with Crippen LogP contribution in [0.3, 0.4) is 0 Å². The predicted molar refractivity (Wildman–Crippen MR) is 67.4 cm³/mol. The summed E-state index contributed by atoms with van der Waals surface area (Å²) >= 11 is 4.99. The van der Waals surface area contributed by atoms with Crippen LogP contribution in [-0.4, -0.2) is 16.7 Å². The highest BCUT2D eigenvalue weighted by Gasteiger charge is 2.14. The molecule has 2 aromatic rings. The van der Waals surface area contributed by atoms with Gasteiger partial charge in [-0.05, 0) is 35.5 Å². The van der Waals surface area contributed by atoms with Crippen LogP contribution in [0.25, 0.3) is 10.7 Å². The van der Waals surface area contributed by atoms with Crippen LogP contribution in [0.15, 0.2) is 20.4 Å². The molecule has 0 saturated heterocycles. The number of hydrogen-bond acceptors (Lipinski definition) is 5. The van der Waals surface area contributed by atoms with E-state index in [1.165, 1.54) is 0 Å². The highest BCUT2D eigenvalue weighted by atomic mass is 79.9. The quantitative estimate of drug-likeness (QED) is 0.942. The number of nitrogens with one attached hydrogen (secondary N) is 1. The molecule has 0 aromatic carbocycles. The fourth-order valence-corrected chi connectivity index (χ4v) is 2.69. The minimum absolute atomic E-state index is 0.0923. The lowest BCUT2D eigenvalue weighted by atomic mass is 10.3. The molecule has 1 atom stereocenters. The SMILES string of the molecule is CCNC(C)c1nc(-c2cc(Br)cs2)no1. The third-order valence-electron chi connectivity index (χ3n) is 2.11. The number of halogens is 1. The molecular formula is C10H12BrN3OS. The lowest BCUT2D eigenvalue weighted by Gasteiger charge is -2.04. The summed E-state index contributed by atoms with van der Waals surface area (Å²) in [6.07, 6.45) is 0. The zero-order valence-corrected chi connectivity index (χ0v) is 11.4. The largest absolute Gasteiger partial charge is 0.337 e. The molecule has 0 spiro atoms. The fraction of sp³-hybridized carbons (Fsp3) is 0.400. The van der Waals surface area contributed by atoms with Crippen molar-refractivity contribution in [2.45, 2.75) is 19.9 Å². The molecule has 0 saturated carbocycles. The highest BCUT2D eigenvalue weighted by molar-refractivity contribution is 9.10.